The lowest BCUT2D eigenvalue weighted by atomic mass is 10.5. The van der Waals surface area contributed by atoms with Crippen LogP contribution >= 0.6 is 0 Å². The molecule has 12 heavy (non-hydrogen) atoms. The van der Waals surface area contributed by atoms with Crippen LogP contribution in [0.3, 0.4) is 0 Å². The molecule has 0 atom stereocenters. The molecule has 0 fully saturated rings. The fraction of sp³-hybridized carbons (Fsp3) is 0.333. The zero-order valence-corrected chi connectivity index (χ0v) is 8.62. The molecule has 0 aromatic heterocycles. The highest BCUT2D eigenvalue weighted by molar-refractivity contribution is 4.99. The van der Waals surface area contributed by atoms with Gasteiger partial charge in [0.15, 0.2) is 0 Å². The van der Waals surface area contributed by atoms with Crippen molar-refractivity contribution >= 4 is 0 Å². The number of rotatable bonds is 2. The minimum Gasteiger partial charge on any atom is -0.0877 e. The molecule has 0 heteroatoms. The molecule has 0 unspecified atom stereocenters. The van der Waals surface area contributed by atoms with Gasteiger partial charge in [0.05, 0.1) is 0 Å². The summed E-state index contributed by atoms with van der Waals surface area (Å²) < 4.78 is 0. The quantitative estimate of drug-likeness (QED) is 0.534. The lowest BCUT2D eigenvalue weighted by Crippen LogP contribution is -1.40. The van der Waals surface area contributed by atoms with E-state index in [2.05, 4.69) is 0 Å². The average Bonchev–Trinajstić information content (AvgIpc) is 2.12. The van der Waals surface area contributed by atoms with Crippen LogP contribution in [0.2, 0.25) is 0 Å². The van der Waals surface area contributed by atoms with Gasteiger partial charge < -0.3 is 0 Å². The first-order valence-corrected chi connectivity index (χ1v) is 4.31. The molecule has 0 N–H and O–H groups in total. The Bertz CT molecular complexity index is 117. The monoisotopic (exact) mass is 164 g/mol. The fourth-order valence-corrected chi connectivity index (χ4v) is 0.444. The van der Waals surface area contributed by atoms with E-state index in [-0.39, 0.29) is 0 Å². The van der Waals surface area contributed by atoms with E-state index in [1.165, 1.54) is 0 Å². The summed E-state index contributed by atoms with van der Waals surface area (Å²) in [6.45, 7) is 8.00. The van der Waals surface area contributed by atoms with Gasteiger partial charge in [0.2, 0.25) is 0 Å². The van der Waals surface area contributed by atoms with Crippen LogP contribution in [-0.4, -0.2) is 0 Å². The van der Waals surface area contributed by atoms with Crippen molar-refractivity contribution in [3.8, 4) is 0 Å². The van der Waals surface area contributed by atoms with Crippen molar-refractivity contribution in [2.45, 2.75) is 27.7 Å². The van der Waals surface area contributed by atoms with E-state index in [1.807, 2.05) is 76.3 Å². The van der Waals surface area contributed by atoms with Crippen molar-refractivity contribution in [3.05, 3.63) is 48.6 Å². The van der Waals surface area contributed by atoms with Gasteiger partial charge in [-0.15, -0.1) is 0 Å². The second kappa shape index (κ2) is 16.5. The standard InChI is InChI=1S/2C6H10/c2*1-3-5-6-4-2/h2*3-6H,1-2H3/b2*5-3-,6-4-. The van der Waals surface area contributed by atoms with Crippen molar-refractivity contribution < 1.29 is 0 Å². The summed E-state index contributed by atoms with van der Waals surface area (Å²) in [5.41, 5.74) is 0. The SMILES string of the molecule is C/C=C\C=C/C.C/C=C\C=C/C. The molecule has 0 radical (unpaired) electrons. The molecule has 0 saturated carbocycles. The van der Waals surface area contributed by atoms with E-state index < -0.39 is 0 Å². The third kappa shape index (κ3) is 23.1. The minimum absolute atomic E-state index is 2.00. The molecule has 0 rings (SSSR count). The highest BCUT2D eigenvalue weighted by Crippen LogP contribution is 1.71. The van der Waals surface area contributed by atoms with Crippen molar-refractivity contribution in [1.82, 2.24) is 0 Å². The summed E-state index contributed by atoms with van der Waals surface area (Å²) in [5, 5.41) is 0. The van der Waals surface area contributed by atoms with E-state index in [1.54, 1.807) is 0 Å². The van der Waals surface area contributed by atoms with Crippen LogP contribution in [0.15, 0.2) is 48.6 Å². The van der Waals surface area contributed by atoms with Crippen LogP contribution in [0.25, 0.3) is 0 Å². The average molecular weight is 164 g/mol. The van der Waals surface area contributed by atoms with E-state index in [4.69, 9.17) is 0 Å². The van der Waals surface area contributed by atoms with Gasteiger partial charge in [-0.1, -0.05) is 48.6 Å². The van der Waals surface area contributed by atoms with Crippen LogP contribution in [-0.2, 0) is 0 Å². The van der Waals surface area contributed by atoms with Crippen LogP contribution in [0, 0.1) is 0 Å². The first-order valence-electron chi connectivity index (χ1n) is 4.31. The van der Waals surface area contributed by atoms with Crippen molar-refractivity contribution in [2.75, 3.05) is 0 Å². The second-order valence-corrected chi connectivity index (χ2v) is 2.10. The lowest BCUT2D eigenvalue weighted by molar-refractivity contribution is 1.69. The van der Waals surface area contributed by atoms with Crippen molar-refractivity contribution in [3.63, 3.8) is 0 Å². The molecule has 0 heterocycles. The zero-order valence-electron chi connectivity index (χ0n) is 8.62. The lowest BCUT2D eigenvalue weighted by Gasteiger charge is -1.62. The maximum atomic E-state index is 2.00. The van der Waals surface area contributed by atoms with E-state index in [9.17, 15) is 0 Å². The molecule has 68 valence electrons. The van der Waals surface area contributed by atoms with Gasteiger partial charge in [0, 0.05) is 0 Å². The molecule has 0 aromatic carbocycles. The molecular weight excluding hydrogens is 144 g/mol. The second-order valence-electron chi connectivity index (χ2n) is 2.10. The summed E-state index contributed by atoms with van der Waals surface area (Å²) in [6, 6.07) is 0. The molecule has 0 aliphatic rings. The zero-order chi connectivity index (χ0) is 9.66. The number of hydrogen-bond donors (Lipinski definition) is 0. The largest absolute Gasteiger partial charge is 0.0877 e. The van der Waals surface area contributed by atoms with Gasteiger partial charge in [-0.25, -0.2) is 0 Å². The molecular formula is C12H20. The minimum atomic E-state index is 2.00. The van der Waals surface area contributed by atoms with Crippen molar-refractivity contribution in [2.24, 2.45) is 0 Å². The Morgan fingerprint density at radius 2 is 0.583 bits per heavy atom. The molecule has 0 aromatic rings. The van der Waals surface area contributed by atoms with Gasteiger partial charge in [0.25, 0.3) is 0 Å². The molecule has 0 saturated heterocycles. The first-order chi connectivity index (χ1) is 5.83. The number of allylic oxidation sites excluding steroid dienone is 8. The smallest absolute Gasteiger partial charge is 0.0467 e. The molecule has 0 bridgehead atoms. The first kappa shape index (κ1) is 13.5. The van der Waals surface area contributed by atoms with Gasteiger partial charge in [-0.2, -0.15) is 0 Å². The third-order valence-electron chi connectivity index (χ3n) is 0.992. The molecule has 0 spiro atoms. The van der Waals surface area contributed by atoms with E-state index in [0.717, 1.165) is 0 Å². The Kier molecular flexibility index (Phi) is 18.6. The number of hydrogen-bond acceptors (Lipinski definition) is 0. The predicted octanol–water partition coefficient (Wildman–Crippen LogP) is 4.28. The highest BCUT2D eigenvalue weighted by Gasteiger charge is 1.49. The van der Waals surface area contributed by atoms with Gasteiger partial charge in [-0.05, 0) is 27.7 Å². The summed E-state index contributed by atoms with van der Waals surface area (Å²) in [4.78, 5) is 0. The van der Waals surface area contributed by atoms with Crippen molar-refractivity contribution in [1.29, 1.82) is 0 Å². The normalized spacial score (nSPS) is 11.7. The maximum absolute atomic E-state index is 2.00. The van der Waals surface area contributed by atoms with E-state index in [0.29, 0.717) is 0 Å². The van der Waals surface area contributed by atoms with Crippen LogP contribution in [0.1, 0.15) is 27.7 Å². The summed E-state index contributed by atoms with van der Waals surface area (Å²) in [5.74, 6) is 0. The van der Waals surface area contributed by atoms with Crippen LogP contribution in [0.5, 0.6) is 0 Å². The fourth-order valence-electron chi connectivity index (χ4n) is 0.444. The highest BCUT2D eigenvalue weighted by atomic mass is 13.6. The third-order valence-corrected chi connectivity index (χ3v) is 0.992. The summed E-state index contributed by atoms with van der Waals surface area (Å²) in [7, 11) is 0. The molecule has 0 amide bonds. The van der Waals surface area contributed by atoms with Crippen LogP contribution < -0.4 is 0 Å². The predicted molar refractivity (Wildman–Crippen MR) is 59.3 cm³/mol. The van der Waals surface area contributed by atoms with Gasteiger partial charge >= 0.3 is 0 Å². The van der Waals surface area contributed by atoms with Crippen LogP contribution in [0.4, 0.5) is 0 Å². The summed E-state index contributed by atoms with van der Waals surface area (Å²) >= 11 is 0. The topological polar surface area (TPSA) is 0 Å². The molecule has 0 aliphatic carbocycles. The Balaban J connectivity index is 0. The summed E-state index contributed by atoms with van der Waals surface area (Å²) in [6.07, 6.45) is 16.0. The maximum Gasteiger partial charge on any atom is -0.0467 e. The molecule has 0 nitrogen and oxygen atoms in total. The Morgan fingerprint density at radius 3 is 0.667 bits per heavy atom. The van der Waals surface area contributed by atoms with E-state index >= 15 is 0 Å². The Labute approximate surface area is 77.0 Å². The Hall–Kier alpha value is -1.04. The van der Waals surface area contributed by atoms with Gasteiger partial charge in [0.1, 0.15) is 0 Å². The van der Waals surface area contributed by atoms with Gasteiger partial charge in [-0.3, -0.25) is 0 Å². The molecule has 0 aliphatic heterocycles. The Morgan fingerprint density at radius 1 is 0.417 bits per heavy atom.